The van der Waals surface area contributed by atoms with E-state index < -0.39 is 0 Å². The Hall–Kier alpha value is -0.380. The average Bonchev–Trinajstić information content (AvgIpc) is 2.62. The van der Waals surface area contributed by atoms with Crippen molar-refractivity contribution in [1.29, 1.82) is 0 Å². The van der Waals surface area contributed by atoms with Gasteiger partial charge in [-0.2, -0.15) is 0 Å². The van der Waals surface area contributed by atoms with Gasteiger partial charge in [-0.1, -0.05) is 28.1 Å². The molecule has 82 valence electrons. The van der Waals surface area contributed by atoms with Gasteiger partial charge in [0.1, 0.15) is 0 Å². The molecule has 0 aromatic heterocycles. The quantitative estimate of drug-likeness (QED) is 0.865. The van der Waals surface area contributed by atoms with Crippen molar-refractivity contribution < 1.29 is 5.11 Å². The van der Waals surface area contributed by atoms with Crippen molar-refractivity contribution in [3.05, 3.63) is 34.3 Å². The standard InChI is InChI=1S/C12H16BrNO/c13-10-3-1-9(2-4-10)12(8-14)6-5-11(15)7-12/h1-4,11,15H,5-8,14H2. The molecule has 0 bridgehead atoms. The zero-order chi connectivity index (χ0) is 10.9. The summed E-state index contributed by atoms with van der Waals surface area (Å²) in [4.78, 5) is 0. The number of benzene rings is 1. The molecular weight excluding hydrogens is 254 g/mol. The Balaban J connectivity index is 2.30. The van der Waals surface area contributed by atoms with E-state index in [-0.39, 0.29) is 11.5 Å². The predicted octanol–water partition coefficient (Wildman–Crippen LogP) is 2.19. The van der Waals surface area contributed by atoms with Gasteiger partial charge in [-0.15, -0.1) is 0 Å². The summed E-state index contributed by atoms with van der Waals surface area (Å²) in [6.07, 6.45) is 2.47. The number of halogens is 1. The third-order valence-electron chi connectivity index (χ3n) is 3.43. The topological polar surface area (TPSA) is 46.2 Å². The van der Waals surface area contributed by atoms with Gasteiger partial charge in [-0.25, -0.2) is 0 Å². The maximum Gasteiger partial charge on any atom is 0.0549 e. The normalized spacial score (nSPS) is 30.7. The maximum atomic E-state index is 9.65. The van der Waals surface area contributed by atoms with Gasteiger partial charge in [-0.3, -0.25) is 0 Å². The molecule has 1 aromatic carbocycles. The van der Waals surface area contributed by atoms with Crippen LogP contribution in [0.1, 0.15) is 24.8 Å². The first kappa shape index (κ1) is 11.1. The van der Waals surface area contributed by atoms with Gasteiger partial charge in [-0.05, 0) is 37.0 Å². The summed E-state index contributed by atoms with van der Waals surface area (Å²) in [7, 11) is 0. The molecule has 2 atom stereocenters. The molecule has 15 heavy (non-hydrogen) atoms. The number of hydrogen-bond donors (Lipinski definition) is 2. The zero-order valence-electron chi connectivity index (χ0n) is 8.62. The van der Waals surface area contributed by atoms with Crippen molar-refractivity contribution in [3.63, 3.8) is 0 Å². The summed E-state index contributed by atoms with van der Waals surface area (Å²) in [6.45, 7) is 0.617. The fourth-order valence-corrected chi connectivity index (χ4v) is 2.73. The molecule has 0 amide bonds. The molecule has 1 aromatic rings. The molecule has 0 saturated heterocycles. The van der Waals surface area contributed by atoms with Crippen LogP contribution in [0.5, 0.6) is 0 Å². The summed E-state index contributed by atoms with van der Waals surface area (Å²) in [5, 5.41) is 9.65. The van der Waals surface area contributed by atoms with Crippen LogP contribution in [0.25, 0.3) is 0 Å². The van der Waals surface area contributed by atoms with Crippen LogP contribution in [0.2, 0.25) is 0 Å². The molecule has 0 aliphatic heterocycles. The van der Waals surface area contributed by atoms with Gasteiger partial charge in [0.15, 0.2) is 0 Å². The van der Waals surface area contributed by atoms with Gasteiger partial charge in [0, 0.05) is 16.4 Å². The Bertz CT molecular complexity index is 338. The van der Waals surface area contributed by atoms with Crippen LogP contribution in [0.4, 0.5) is 0 Å². The summed E-state index contributed by atoms with van der Waals surface area (Å²) in [5.74, 6) is 0. The van der Waals surface area contributed by atoms with Crippen molar-refractivity contribution >= 4 is 15.9 Å². The van der Waals surface area contributed by atoms with Crippen molar-refractivity contribution in [1.82, 2.24) is 0 Å². The number of rotatable bonds is 2. The van der Waals surface area contributed by atoms with Crippen LogP contribution in [0.3, 0.4) is 0 Å². The summed E-state index contributed by atoms with van der Waals surface area (Å²) < 4.78 is 1.08. The monoisotopic (exact) mass is 269 g/mol. The molecule has 0 heterocycles. The first-order valence-electron chi connectivity index (χ1n) is 5.30. The predicted molar refractivity (Wildman–Crippen MR) is 64.7 cm³/mol. The van der Waals surface area contributed by atoms with E-state index in [1.54, 1.807) is 0 Å². The van der Waals surface area contributed by atoms with Gasteiger partial charge in [0.2, 0.25) is 0 Å². The minimum absolute atomic E-state index is 0.000116. The Kier molecular flexibility index (Phi) is 3.14. The number of hydrogen-bond acceptors (Lipinski definition) is 2. The van der Waals surface area contributed by atoms with Crippen LogP contribution in [-0.2, 0) is 5.41 Å². The Morgan fingerprint density at radius 1 is 1.40 bits per heavy atom. The summed E-state index contributed by atoms with van der Waals surface area (Å²) in [5.41, 5.74) is 7.13. The van der Waals surface area contributed by atoms with Gasteiger partial charge >= 0.3 is 0 Å². The fraction of sp³-hybridized carbons (Fsp3) is 0.500. The van der Waals surface area contributed by atoms with Crippen molar-refractivity contribution in [2.45, 2.75) is 30.8 Å². The van der Waals surface area contributed by atoms with E-state index in [4.69, 9.17) is 5.73 Å². The highest BCUT2D eigenvalue weighted by molar-refractivity contribution is 9.10. The molecule has 2 rings (SSSR count). The second kappa shape index (κ2) is 4.24. The third kappa shape index (κ3) is 2.10. The first-order valence-corrected chi connectivity index (χ1v) is 6.10. The Morgan fingerprint density at radius 3 is 2.53 bits per heavy atom. The Morgan fingerprint density at radius 2 is 2.07 bits per heavy atom. The van der Waals surface area contributed by atoms with Crippen LogP contribution >= 0.6 is 15.9 Å². The molecule has 3 heteroatoms. The lowest BCUT2D eigenvalue weighted by Crippen LogP contribution is -2.32. The van der Waals surface area contributed by atoms with Crippen LogP contribution < -0.4 is 5.73 Å². The van der Waals surface area contributed by atoms with Gasteiger partial charge < -0.3 is 10.8 Å². The van der Waals surface area contributed by atoms with E-state index in [1.807, 2.05) is 12.1 Å². The van der Waals surface area contributed by atoms with Crippen LogP contribution in [0, 0.1) is 0 Å². The minimum atomic E-state index is -0.183. The molecule has 2 unspecified atom stereocenters. The highest BCUT2D eigenvalue weighted by Gasteiger charge is 2.38. The summed E-state index contributed by atoms with van der Waals surface area (Å²) >= 11 is 3.42. The number of aliphatic hydroxyl groups excluding tert-OH is 1. The number of nitrogens with two attached hydrogens (primary N) is 1. The lowest BCUT2D eigenvalue weighted by Gasteiger charge is -2.28. The molecule has 1 aliphatic rings. The van der Waals surface area contributed by atoms with E-state index in [2.05, 4.69) is 28.1 Å². The molecule has 0 spiro atoms. The Labute approximate surface area is 98.6 Å². The van der Waals surface area contributed by atoms with E-state index in [1.165, 1.54) is 5.56 Å². The molecular formula is C12H16BrNO. The first-order chi connectivity index (χ1) is 7.16. The van der Waals surface area contributed by atoms with E-state index in [0.29, 0.717) is 6.54 Å². The van der Waals surface area contributed by atoms with Crippen LogP contribution in [-0.4, -0.2) is 17.8 Å². The van der Waals surface area contributed by atoms with Gasteiger partial charge in [0.05, 0.1) is 6.10 Å². The second-order valence-electron chi connectivity index (χ2n) is 4.39. The molecule has 1 aliphatic carbocycles. The minimum Gasteiger partial charge on any atom is -0.393 e. The van der Waals surface area contributed by atoms with Gasteiger partial charge in [0.25, 0.3) is 0 Å². The van der Waals surface area contributed by atoms with E-state index >= 15 is 0 Å². The molecule has 2 nitrogen and oxygen atoms in total. The molecule has 1 saturated carbocycles. The summed E-state index contributed by atoms with van der Waals surface area (Å²) in [6, 6.07) is 8.29. The zero-order valence-corrected chi connectivity index (χ0v) is 10.2. The van der Waals surface area contributed by atoms with Crippen LogP contribution in [0.15, 0.2) is 28.7 Å². The second-order valence-corrected chi connectivity index (χ2v) is 5.30. The molecule has 1 fully saturated rings. The SMILES string of the molecule is NCC1(c2ccc(Br)cc2)CCC(O)C1. The van der Waals surface area contributed by atoms with E-state index in [0.717, 1.165) is 23.7 Å². The largest absolute Gasteiger partial charge is 0.393 e. The fourth-order valence-electron chi connectivity index (χ4n) is 2.47. The lowest BCUT2D eigenvalue weighted by atomic mass is 9.79. The highest BCUT2D eigenvalue weighted by atomic mass is 79.9. The molecule has 0 radical (unpaired) electrons. The van der Waals surface area contributed by atoms with Crippen molar-refractivity contribution in [3.8, 4) is 0 Å². The lowest BCUT2D eigenvalue weighted by molar-refractivity contribution is 0.174. The smallest absolute Gasteiger partial charge is 0.0549 e. The van der Waals surface area contributed by atoms with Crippen molar-refractivity contribution in [2.24, 2.45) is 5.73 Å². The highest BCUT2D eigenvalue weighted by Crippen LogP contribution is 2.40. The average molecular weight is 270 g/mol. The molecule has 3 N–H and O–H groups in total. The number of aliphatic hydroxyl groups is 1. The van der Waals surface area contributed by atoms with E-state index in [9.17, 15) is 5.11 Å². The third-order valence-corrected chi connectivity index (χ3v) is 3.96. The van der Waals surface area contributed by atoms with Crippen molar-refractivity contribution in [2.75, 3.05) is 6.54 Å². The maximum absolute atomic E-state index is 9.65.